The van der Waals surface area contributed by atoms with E-state index in [1.54, 1.807) is 6.07 Å². The highest BCUT2D eigenvalue weighted by Crippen LogP contribution is 2.34. The Balaban J connectivity index is 2.57. The molecule has 76 valence electrons. The average molecular weight is 195 g/mol. The van der Waals surface area contributed by atoms with Crippen LogP contribution in [0.3, 0.4) is 0 Å². The topological polar surface area (TPSA) is 35.2 Å². The summed E-state index contributed by atoms with van der Waals surface area (Å²) in [5.41, 5.74) is 7.51. The highest BCUT2D eigenvalue weighted by Gasteiger charge is 2.22. The molecule has 1 aliphatic heterocycles. The highest BCUT2D eigenvalue weighted by atomic mass is 19.1. The molecule has 0 amide bonds. The first-order chi connectivity index (χ1) is 6.74. The van der Waals surface area contributed by atoms with Crippen LogP contribution in [0.2, 0.25) is 0 Å². The summed E-state index contributed by atoms with van der Waals surface area (Å²) in [5.74, 6) is 0.578. The maximum Gasteiger partial charge on any atom is 0.126 e. The maximum atomic E-state index is 13.4. The number of halogens is 1. The van der Waals surface area contributed by atoms with Gasteiger partial charge < -0.3 is 10.5 Å². The molecule has 14 heavy (non-hydrogen) atoms. The normalized spacial score (nSPS) is 20.1. The summed E-state index contributed by atoms with van der Waals surface area (Å²) in [5, 5.41) is 0. The molecule has 2 N–H and O–H groups in total. The minimum absolute atomic E-state index is 0.0793. The molecular formula is C11H14FNO. The van der Waals surface area contributed by atoms with Gasteiger partial charge in [0.05, 0.1) is 6.61 Å². The molecule has 0 spiro atoms. The van der Waals surface area contributed by atoms with Crippen molar-refractivity contribution in [3.63, 3.8) is 0 Å². The van der Waals surface area contributed by atoms with Crippen molar-refractivity contribution in [2.45, 2.75) is 25.8 Å². The van der Waals surface area contributed by atoms with Crippen LogP contribution in [-0.4, -0.2) is 6.61 Å². The first-order valence-corrected chi connectivity index (χ1v) is 4.93. The summed E-state index contributed by atoms with van der Waals surface area (Å²) in [4.78, 5) is 0. The van der Waals surface area contributed by atoms with Gasteiger partial charge in [-0.05, 0) is 24.1 Å². The lowest BCUT2D eigenvalue weighted by Gasteiger charge is -2.25. The fraction of sp³-hybridized carbons (Fsp3) is 0.455. The zero-order chi connectivity index (χ0) is 10.1. The Morgan fingerprint density at radius 1 is 1.57 bits per heavy atom. The second kappa shape index (κ2) is 3.58. The molecule has 2 nitrogen and oxygen atoms in total. The van der Waals surface area contributed by atoms with Crippen molar-refractivity contribution in [2.24, 2.45) is 5.73 Å². The number of ether oxygens (including phenoxy) is 1. The fourth-order valence-electron chi connectivity index (χ4n) is 1.95. The van der Waals surface area contributed by atoms with Crippen LogP contribution in [0.25, 0.3) is 0 Å². The third-order valence-electron chi connectivity index (χ3n) is 2.67. The van der Waals surface area contributed by atoms with Gasteiger partial charge in [0, 0.05) is 18.0 Å². The molecule has 2 rings (SSSR count). The van der Waals surface area contributed by atoms with Gasteiger partial charge in [-0.3, -0.25) is 0 Å². The van der Waals surface area contributed by atoms with E-state index in [1.807, 2.05) is 6.92 Å². The second-order valence-electron chi connectivity index (χ2n) is 3.53. The minimum Gasteiger partial charge on any atom is -0.493 e. The molecule has 0 unspecified atom stereocenters. The second-order valence-corrected chi connectivity index (χ2v) is 3.53. The molecule has 0 fully saturated rings. The lowest BCUT2D eigenvalue weighted by atomic mass is 9.94. The van der Waals surface area contributed by atoms with Crippen molar-refractivity contribution < 1.29 is 9.13 Å². The summed E-state index contributed by atoms with van der Waals surface area (Å²) < 4.78 is 18.9. The summed E-state index contributed by atoms with van der Waals surface area (Å²) in [6, 6.07) is 3.04. The largest absolute Gasteiger partial charge is 0.493 e. The number of hydrogen-bond donors (Lipinski definition) is 1. The number of benzene rings is 1. The Labute approximate surface area is 82.9 Å². The van der Waals surface area contributed by atoms with Gasteiger partial charge in [-0.1, -0.05) is 6.92 Å². The summed E-state index contributed by atoms with van der Waals surface area (Å²) in [6.45, 7) is 2.56. The molecule has 3 heteroatoms. The molecule has 1 heterocycles. The zero-order valence-corrected chi connectivity index (χ0v) is 8.22. The molecule has 0 radical (unpaired) electrons. The average Bonchev–Trinajstić information content (AvgIpc) is 2.19. The van der Waals surface area contributed by atoms with Crippen LogP contribution in [0.15, 0.2) is 12.1 Å². The Morgan fingerprint density at radius 2 is 2.36 bits per heavy atom. The standard InChI is InChI=1S/C11H14FNO/c1-2-7-8(12)3-4-10-11(7)9(13)5-6-14-10/h3-4,9H,2,5-6,13H2,1H3/t9-/m1/s1. The number of rotatable bonds is 1. The zero-order valence-electron chi connectivity index (χ0n) is 8.22. The van der Waals surface area contributed by atoms with Gasteiger partial charge in [-0.25, -0.2) is 4.39 Å². The van der Waals surface area contributed by atoms with Crippen molar-refractivity contribution in [3.05, 3.63) is 29.1 Å². The molecule has 0 bridgehead atoms. The van der Waals surface area contributed by atoms with E-state index in [4.69, 9.17) is 10.5 Å². The third-order valence-corrected chi connectivity index (χ3v) is 2.67. The van der Waals surface area contributed by atoms with E-state index in [0.29, 0.717) is 18.6 Å². The lowest BCUT2D eigenvalue weighted by Crippen LogP contribution is -2.22. The van der Waals surface area contributed by atoms with E-state index in [9.17, 15) is 4.39 Å². The SMILES string of the molecule is CCc1c(F)ccc2c1[C@H](N)CCO2. The van der Waals surface area contributed by atoms with Crippen LogP contribution in [0.4, 0.5) is 4.39 Å². The van der Waals surface area contributed by atoms with E-state index in [2.05, 4.69) is 0 Å². The van der Waals surface area contributed by atoms with Gasteiger partial charge in [0.15, 0.2) is 0 Å². The van der Waals surface area contributed by atoms with Crippen molar-refractivity contribution in [1.82, 2.24) is 0 Å². The lowest BCUT2D eigenvalue weighted by molar-refractivity contribution is 0.267. The van der Waals surface area contributed by atoms with Gasteiger partial charge in [0.2, 0.25) is 0 Å². The predicted molar refractivity (Wildman–Crippen MR) is 52.8 cm³/mol. The van der Waals surface area contributed by atoms with Crippen LogP contribution in [0, 0.1) is 5.82 Å². The smallest absolute Gasteiger partial charge is 0.126 e. The first kappa shape index (κ1) is 9.46. The fourth-order valence-corrected chi connectivity index (χ4v) is 1.95. The molecule has 1 atom stereocenters. The first-order valence-electron chi connectivity index (χ1n) is 4.93. The Hall–Kier alpha value is -1.09. The quantitative estimate of drug-likeness (QED) is 0.745. The Morgan fingerprint density at radius 3 is 3.07 bits per heavy atom. The minimum atomic E-state index is -0.174. The number of hydrogen-bond acceptors (Lipinski definition) is 2. The Kier molecular flexibility index (Phi) is 2.42. The van der Waals surface area contributed by atoms with Crippen LogP contribution in [0.1, 0.15) is 30.5 Å². The Bertz CT molecular complexity index is 351. The van der Waals surface area contributed by atoms with Crippen molar-refractivity contribution in [3.8, 4) is 5.75 Å². The summed E-state index contributed by atoms with van der Waals surface area (Å²) in [7, 11) is 0. The van der Waals surface area contributed by atoms with Crippen LogP contribution >= 0.6 is 0 Å². The molecule has 0 saturated carbocycles. The van der Waals surface area contributed by atoms with Crippen molar-refractivity contribution in [1.29, 1.82) is 0 Å². The molecule has 1 aromatic rings. The van der Waals surface area contributed by atoms with Gasteiger partial charge in [-0.15, -0.1) is 0 Å². The van der Waals surface area contributed by atoms with E-state index in [1.165, 1.54) is 6.07 Å². The van der Waals surface area contributed by atoms with Gasteiger partial charge in [0.25, 0.3) is 0 Å². The number of fused-ring (bicyclic) bond motifs is 1. The number of nitrogens with two attached hydrogens (primary N) is 1. The third kappa shape index (κ3) is 1.38. The highest BCUT2D eigenvalue weighted by molar-refractivity contribution is 5.44. The molecule has 0 saturated heterocycles. The van der Waals surface area contributed by atoms with E-state index < -0.39 is 0 Å². The molecular weight excluding hydrogens is 181 g/mol. The van der Waals surface area contributed by atoms with Crippen molar-refractivity contribution in [2.75, 3.05) is 6.61 Å². The predicted octanol–water partition coefficient (Wildman–Crippen LogP) is 2.17. The van der Waals surface area contributed by atoms with Crippen LogP contribution in [-0.2, 0) is 6.42 Å². The van der Waals surface area contributed by atoms with E-state index in [-0.39, 0.29) is 11.9 Å². The van der Waals surface area contributed by atoms with E-state index >= 15 is 0 Å². The summed E-state index contributed by atoms with van der Waals surface area (Å²) in [6.07, 6.45) is 1.43. The van der Waals surface area contributed by atoms with E-state index in [0.717, 1.165) is 17.7 Å². The molecule has 0 aromatic heterocycles. The van der Waals surface area contributed by atoms with Crippen LogP contribution < -0.4 is 10.5 Å². The summed E-state index contributed by atoms with van der Waals surface area (Å²) >= 11 is 0. The van der Waals surface area contributed by atoms with Gasteiger partial charge in [0.1, 0.15) is 11.6 Å². The van der Waals surface area contributed by atoms with Gasteiger partial charge >= 0.3 is 0 Å². The van der Waals surface area contributed by atoms with Gasteiger partial charge in [-0.2, -0.15) is 0 Å². The molecule has 0 aliphatic carbocycles. The monoisotopic (exact) mass is 195 g/mol. The molecule has 1 aromatic carbocycles. The van der Waals surface area contributed by atoms with Crippen molar-refractivity contribution >= 4 is 0 Å². The maximum absolute atomic E-state index is 13.4. The molecule has 1 aliphatic rings. The van der Waals surface area contributed by atoms with Crippen LogP contribution in [0.5, 0.6) is 5.75 Å².